The van der Waals surface area contributed by atoms with E-state index in [4.69, 9.17) is 14.2 Å². The van der Waals surface area contributed by atoms with Crippen molar-refractivity contribution in [2.24, 2.45) is 0 Å². The molecule has 0 aliphatic rings. The molecule has 0 bridgehead atoms. The molecule has 2 aromatic rings. The van der Waals surface area contributed by atoms with Crippen LogP contribution in [0.3, 0.4) is 0 Å². The Morgan fingerprint density at radius 1 is 1.00 bits per heavy atom. The molecule has 0 saturated heterocycles. The first-order valence-corrected chi connectivity index (χ1v) is 7.37. The second-order valence-corrected chi connectivity index (χ2v) is 4.92. The number of benzene rings is 2. The van der Waals surface area contributed by atoms with Gasteiger partial charge in [0.2, 0.25) is 0 Å². The molecule has 0 amide bonds. The number of ether oxygens (including phenoxy) is 3. The van der Waals surface area contributed by atoms with E-state index in [1.807, 2.05) is 36.4 Å². The van der Waals surface area contributed by atoms with Crippen molar-refractivity contribution in [3.63, 3.8) is 0 Å². The molecule has 0 saturated carbocycles. The predicted molar refractivity (Wildman–Crippen MR) is 87.4 cm³/mol. The van der Waals surface area contributed by atoms with Crippen molar-refractivity contribution < 1.29 is 14.2 Å². The van der Waals surface area contributed by atoms with Crippen LogP contribution in [0, 0.1) is 0 Å². The van der Waals surface area contributed by atoms with Crippen molar-refractivity contribution in [1.82, 2.24) is 5.32 Å². The van der Waals surface area contributed by atoms with Crippen LogP contribution >= 0.6 is 0 Å². The zero-order chi connectivity index (χ0) is 15.6. The van der Waals surface area contributed by atoms with E-state index in [1.165, 1.54) is 0 Å². The zero-order valence-electron chi connectivity index (χ0n) is 13.2. The number of hydrogen-bond donors (Lipinski definition) is 1. The average Bonchev–Trinajstić information content (AvgIpc) is 2.58. The Morgan fingerprint density at radius 3 is 2.55 bits per heavy atom. The summed E-state index contributed by atoms with van der Waals surface area (Å²) in [7, 11) is 3.36. The van der Waals surface area contributed by atoms with Crippen LogP contribution in [0.15, 0.2) is 48.5 Å². The molecule has 2 rings (SSSR count). The van der Waals surface area contributed by atoms with Crippen LogP contribution in [0.2, 0.25) is 0 Å². The molecule has 22 heavy (non-hydrogen) atoms. The number of methoxy groups -OCH3 is 2. The van der Waals surface area contributed by atoms with Gasteiger partial charge in [-0.05, 0) is 23.8 Å². The summed E-state index contributed by atoms with van der Waals surface area (Å²) < 4.78 is 16.3. The summed E-state index contributed by atoms with van der Waals surface area (Å²) in [6.45, 7) is 2.75. The SMILES string of the molecule is COCCNCc1cc(OC)ccc1OCc1ccccc1. The lowest BCUT2D eigenvalue weighted by atomic mass is 10.2. The minimum Gasteiger partial charge on any atom is -0.497 e. The highest BCUT2D eigenvalue weighted by Gasteiger charge is 2.06. The third-order valence-electron chi connectivity index (χ3n) is 3.30. The molecule has 0 aromatic heterocycles. The molecule has 4 heteroatoms. The molecule has 118 valence electrons. The number of nitrogens with one attached hydrogen (secondary N) is 1. The van der Waals surface area contributed by atoms with Gasteiger partial charge in [-0.1, -0.05) is 30.3 Å². The first-order chi connectivity index (χ1) is 10.8. The van der Waals surface area contributed by atoms with Crippen LogP contribution in [-0.4, -0.2) is 27.4 Å². The van der Waals surface area contributed by atoms with Crippen LogP contribution < -0.4 is 14.8 Å². The second-order valence-electron chi connectivity index (χ2n) is 4.92. The summed E-state index contributed by atoms with van der Waals surface area (Å²) >= 11 is 0. The maximum absolute atomic E-state index is 5.95. The van der Waals surface area contributed by atoms with E-state index in [0.717, 1.165) is 29.2 Å². The van der Waals surface area contributed by atoms with Crippen molar-refractivity contribution in [1.29, 1.82) is 0 Å². The van der Waals surface area contributed by atoms with Crippen LogP contribution in [0.1, 0.15) is 11.1 Å². The fraction of sp³-hybridized carbons (Fsp3) is 0.333. The standard InChI is InChI=1S/C18H23NO3/c1-20-11-10-19-13-16-12-17(21-2)8-9-18(16)22-14-15-6-4-3-5-7-15/h3-9,12,19H,10-11,13-14H2,1-2H3. The van der Waals surface area contributed by atoms with Gasteiger partial charge in [-0.2, -0.15) is 0 Å². The average molecular weight is 301 g/mol. The molecule has 2 aromatic carbocycles. The Kier molecular flexibility index (Phi) is 6.74. The molecular formula is C18H23NO3. The van der Waals surface area contributed by atoms with Crippen molar-refractivity contribution in [2.45, 2.75) is 13.2 Å². The highest BCUT2D eigenvalue weighted by molar-refractivity contribution is 5.40. The summed E-state index contributed by atoms with van der Waals surface area (Å²) in [6, 6.07) is 16.0. The molecular weight excluding hydrogens is 278 g/mol. The van der Waals surface area contributed by atoms with Crippen molar-refractivity contribution in [3.8, 4) is 11.5 Å². The van der Waals surface area contributed by atoms with Gasteiger partial charge in [-0.3, -0.25) is 0 Å². The van der Waals surface area contributed by atoms with Crippen molar-refractivity contribution >= 4 is 0 Å². The van der Waals surface area contributed by atoms with Crippen LogP contribution in [0.4, 0.5) is 0 Å². The molecule has 1 N–H and O–H groups in total. The Balaban J connectivity index is 2.01. The van der Waals surface area contributed by atoms with Gasteiger partial charge in [0, 0.05) is 25.8 Å². The fourth-order valence-corrected chi connectivity index (χ4v) is 2.09. The van der Waals surface area contributed by atoms with E-state index >= 15 is 0 Å². The van der Waals surface area contributed by atoms with E-state index in [0.29, 0.717) is 19.8 Å². The zero-order valence-corrected chi connectivity index (χ0v) is 13.2. The van der Waals surface area contributed by atoms with Gasteiger partial charge < -0.3 is 19.5 Å². The molecule has 0 radical (unpaired) electrons. The van der Waals surface area contributed by atoms with Gasteiger partial charge in [0.05, 0.1) is 13.7 Å². The molecule has 4 nitrogen and oxygen atoms in total. The lowest BCUT2D eigenvalue weighted by Gasteiger charge is -2.14. The highest BCUT2D eigenvalue weighted by atomic mass is 16.5. The summed E-state index contributed by atoms with van der Waals surface area (Å²) in [6.07, 6.45) is 0. The summed E-state index contributed by atoms with van der Waals surface area (Å²) in [5.41, 5.74) is 2.22. The van der Waals surface area contributed by atoms with E-state index in [2.05, 4.69) is 17.4 Å². The molecule has 0 aliphatic heterocycles. The smallest absolute Gasteiger partial charge is 0.124 e. The normalized spacial score (nSPS) is 10.5. The third kappa shape index (κ3) is 5.06. The lowest BCUT2D eigenvalue weighted by molar-refractivity contribution is 0.199. The number of hydrogen-bond acceptors (Lipinski definition) is 4. The van der Waals surface area contributed by atoms with Gasteiger partial charge in [0.15, 0.2) is 0 Å². The Bertz CT molecular complexity index is 558. The highest BCUT2D eigenvalue weighted by Crippen LogP contribution is 2.25. The molecule has 0 aliphatic carbocycles. The Morgan fingerprint density at radius 2 is 1.82 bits per heavy atom. The molecule has 0 unspecified atom stereocenters. The molecule has 0 spiro atoms. The fourth-order valence-electron chi connectivity index (χ4n) is 2.09. The number of rotatable bonds is 9. The predicted octanol–water partition coefficient (Wildman–Crippen LogP) is 3.01. The van der Waals surface area contributed by atoms with E-state index in [9.17, 15) is 0 Å². The van der Waals surface area contributed by atoms with E-state index < -0.39 is 0 Å². The summed E-state index contributed by atoms with van der Waals surface area (Å²) in [4.78, 5) is 0. The topological polar surface area (TPSA) is 39.7 Å². The summed E-state index contributed by atoms with van der Waals surface area (Å²) in [5.74, 6) is 1.70. The lowest BCUT2D eigenvalue weighted by Crippen LogP contribution is -2.19. The van der Waals surface area contributed by atoms with Gasteiger partial charge in [0.1, 0.15) is 18.1 Å². The first-order valence-electron chi connectivity index (χ1n) is 7.37. The molecule has 0 fully saturated rings. The maximum Gasteiger partial charge on any atom is 0.124 e. The van der Waals surface area contributed by atoms with Crippen LogP contribution in [-0.2, 0) is 17.9 Å². The van der Waals surface area contributed by atoms with Gasteiger partial charge in [-0.25, -0.2) is 0 Å². The molecule has 0 heterocycles. The quantitative estimate of drug-likeness (QED) is 0.723. The van der Waals surface area contributed by atoms with Crippen molar-refractivity contribution in [3.05, 3.63) is 59.7 Å². The van der Waals surface area contributed by atoms with Crippen molar-refractivity contribution in [2.75, 3.05) is 27.4 Å². The second kappa shape index (κ2) is 9.07. The van der Waals surface area contributed by atoms with E-state index in [1.54, 1.807) is 14.2 Å². The van der Waals surface area contributed by atoms with Gasteiger partial charge in [-0.15, -0.1) is 0 Å². The maximum atomic E-state index is 5.95. The van der Waals surface area contributed by atoms with Gasteiger partial charge in [0.25, 0.3) is 0 Å². The first kappa shape index (κ1) is 16.3. The third-order valence-corrected chi connectivity index (χ3v) is 3.30. The summed E-state index contributed by atoms with van der Waals surface area (Å²) in [5, 5.41) is 3.33. The minimum absolute atomic E-state index is 0.554. The monoisotopic (exact) mass is 301 g/mol. The Labute approximate surface area is 132 Å². The van der Waals surface area contributed by atoms with E-state index in [-0.39, 0.29) is 0 Å². The molecule has 0 atom stereocenters. The van der Waals surface area contributed by atoms with Crippen LogP contribution in [0.5, 0.6) is 11.5 Å². The van der Waals surface area contributed by atoms with Crippen LogP contribution in [0.25, 0.3) is 0 Å². The largest absolute Gasteiger partial charge is 0.497 e. The Hall–Kier alpha value is -2.04. The minimum atomic E-state index is 0.554. The van der Waals surface area contributed by atoms with Gasteiger partial charge >= 0.3 is 0 Å².